The number of phenols is 1. The van der Waals surface area contributed by atoms with E-state index in [1.54, 1.807) is 30.3 Å². The van der Waals surface area contributed by atoms with Crippen molar-refractivity contribution in [3.8, 4) is 5.75 Å². The molecule has 2 aromatic rings. The summed E-state index contributed by atoms with van der Waals surface area (Å²) in [7, 11) is 0. The van der Waals surface area contributed by atoms with E-state index in [9.17, 15) is 14.3 Å². The number of halogens is 2. The molecule has 2 N–H and O–H groups in total. The van der Waals surface area contributed by atoms with E-state index in [1.807, 2.05) is 0 Å². The first kappa shape index (κ1) is 14.9. The minimum Gasteiger partial charge on any atom is -0.508 e. The van der Waals surface area contributed by atoms with Crippen molar-refractivity contribution in [1.29, 1.82) is 0 Å². The first-order chi connectivity index (χ1) is 10.5. The smallest absolute Gasteiger partial charge is 0.224 e. The van der Waals surface area contributed by atoms with Gasteiger partial charge >= 0.3 is 0 Å². The molecule has 2 aromatic carbocycles. The number of phenolic OH excluding ortho intramolecular Hbond substituents is 1. The fourth-order valence-electron chi connectivity index (χ4n) is 2.56. The van der Waals surface area contributed by atoms with Crippen molar-refractivity contribution in [3.63, 3.8) is 0 Å². The molecule has 0 bridgehead atoms. The van der Waals surface area contributed by atoms with E-state index >= 15 is 0 Å². The standard InChI is InChI=1S/C17H15ClFNO2/c18-13-6-5-10(7-14(13)19)12-9-15(12)20-17(22)8-11-3-1-2-4-16(11)21/h1-7,12,15,21H,8-9H2,(H,20,22)/t12-,15+/m0/s1. The molecule has 0 spiro atoms. The Morgan fingerprint density at radius 1 is 1.32 bits per heavy atom. The Morgan fingerprint density at radius 2 is 2.09 bits per heavy atom. The number of hydrogen-bond donors (Lipinski definition) is 2. The Balaban J connectivity index is 1.58. The number of benzene rings is 2. The van der Waals surface area contributed by atoms with Gasteiger partial charge in [0, 0.05) is 17.5 Å². The van der Waals surface area contributed by atoms with Crippen LogP contribution in [0, 0.1) is 5.82 Å². The van der Waals surface area contributed by atoms with Gasteiger partial charge in [0.1, 0.15) is 11.6 Å². The van der Waals surface area contributed by atoms with E-state index in [2.05, 4.69) is 5.32 Å². The quantitative estimate of drug-likeness (QED) is 0.907. The zero-order valence-corrected chi connectivity index (χ0v) is 12.5. The maximum Gasteiger partial charge on any atom is 0.224 e. The Hall–Kier alpha value is -2.07. The van der Waals surface area contributed by atoms with Crippen LogP contribution in [0.3, 0.4) is 0 Å². The van der Waals surface area contributed by atoms with Crippen LogP contribution in [-0.2, 0) is 11.2 Å². The molecular weight excluding hydrogens is 305 g/mol. The number of nitrogens with one attached hydrogen (secondary N) is 1. The molecule has 0 saturated heterocycles. The van der Waals surface area contributed by atoms with Crippen molar-refractivity contribution >= 4 is 17.5 Å². The third-order valence-electron chi connectivity index (χ3n) is 3.85. The van der Waals surface area contributed by atoms with Gasteiger partial charge in [-0.05, 0) is 30.2 Å². The molecule has 22 heavy (non-hydrogen) atoms. The van der Waals surface area contributed by atoms with Gasteiger partial charge in [0.05, 0.1) is 11.4 Å². The molecule has 0 unspecified atom stereocenters. The molecule has 0 aliphatic heterocycles. The molecule has 3 rings (SSSR count). The molecule has 1 aliphatic carbocycles. The predicted molar refractivity (Wildman–Crippen MR) is 82.5 cm³/mol. The SMILES string of the molecule is O=C(Cc1ccccc1O)N[C@@H]1C[C@H]1c1ccc(Cl)c(F)c1. The van der Waals surface area contributed by atoms with Crippen LogP contribution in [0.15, 0.2) is 42.5 Å². The van der Waals surface area contributed by atoms with Gasteiger partial charge in [-0.1, -0.05) is 35.9 Å². The lowest BCUT2D eigenvalue weighted by Gasteiger charge is -2.07. The Kier molecular flexibility index (Phi) is 4.03. The number of amides is 1. The van der Waals surface area contributed by atoms with Gasteiger partial charge < -0.3 is 10.4 Å². The van der Waals surface area contributed by atoms with E-state index in [0.717, 1.165) is 12.0 Å². The monoisotopic (exact) mass is 319 g/mol. The largest absolute Gasteiger partial charge is 0.508 e. The number of aromatic hydroxyl groups is 1. The molecule has 0 aromatic heterocycles. The van der Waals surface area contributed by atoms with Crippen LogP contribution in [0.4, 0.5) is 4.39 Å². The molecule has 1 amide bonds. The minimum absolute atomic E-state index is 0.0129. The fraction of sp³-hybridized carbons (Fsp3) is 0.235. The molecule has 3 nitrogen and oxygen atoms in total. The van der Waals surface area contributed by atoms with Gasteiger partial charge in [-0.2, -0.15) is 0 Å². The molecule has 1 fully saturated rings. The highest BCUT2D eigenvalue weighted by molar-refractivity contribution is 6.30. The van der Waals surface area contributed by atoms with Crippen LogP contribution >= 0.6 is 11.6 Å². The number of carbonyl (C=O) groups is 1. The van der Waals surface area contributed by atoms with E-state index in [1.165, 1.54) is 12.1 Å². The molecule has 1 saturated carbocycles. The third-order valence-corrected chi connectivity index (χ3v) is 4.16. The highest BCUT2D eigenvalue weighted by Crippen LogP contribution is 2.41. The molecular formula is C17H15ClFNO2. The summed E-state index contributed by atoms with van der Waals surface area (Å²) in [5.74, 6) is -0.348. The van der Waals surface area contributed by atoms with Crippen LogP contribution in [-0.4, -0.2) is 17.1 Å². The normalized spacial score (nSPS) is 19.7. The summed E-state index contributed by atoms with van der Waals surface area (Å²) < 4.78 is 13.4. The second-order valence-corrected chi connectivity index (χ2v) is 5.90. The lowest BCUT2D eigenvalue weighted by molar-refractivity contribution is -0.120. The molecule has 114 valence electrons. The van der Waals surface area contributed by atoms with E-state index in [0.29, 0.717) is 5.56 Å². The number of carbonyl (C=O) groups excluding carboxylic acids is 1. The lowest BCUT2D eigenvalue weighted by atomic mass is 10.1. The van der Waals surface area contributed by atoms with Crippen LogP contribution in [0.2, 0.25) is 5.02 Å². The molecule has 0 heterocycles. The summed E-state index contributed by atoms with van der Waals surface area (Å²) in [6.07, 6.45) is 0.915. The summed E-state index contributed by atoms with van der Waals surface area (Å²) in [6, 6.07) is 11.5. The first-order valence-corrected chi connectivity index (χ1v) is 7.43. The Morgan fingerprint density at radius 3 is 2.82 bits per heavy atom. The second-order valence-electron chi connectivity index (χ2n) is 5.50. The topological polar surface area (TPSA) is 49.3 Å². The molecule has 0 radical (unpaired) electrons. The maximum absolute atomic E-state index is 13.4. The van der Waals surface area contributed by atoms with Gasteiger partial charge in [-0.15, -0.1) is 0 Å². The highest BCUT2D eigenvalue weighted by Gasteiger charge is 2.39. The average Bonchev–Trinajstić information content (AvgIpc) is 3.23. The summed E-state index contributed by atoms with van der Waals surface area (Å²) in [6.45, 7) is 0. The van der Waals surface area contributed by atoms with Gasteiger partial charge in [0.15, 0.2) is 0 Å². The number of hydrogen-bond acceptors (Lipinski definition) is 2. The van der Waals surface area contributed by atoms with Gasteiger partial charge in [0.2, 0.25) is 5.91 Å². The van der Waals surface area contributed by atoms with Crippen LogP contribution < -0.4 is 5.32 Å². The number of rotatable bonds is 4. The fourth-order valence-corrected chi connectivity index (χ4v) is 2.67. The van der Waals surface area contributed by atoms with E-state index in [-0.39, 0.29) is 35.1 Å². The van der Waals surface area contributed by atoms with Crippen LogP contribution in [0.1, 0.15) is 23.5 Å². The molecule has 5 heteroatoms. The summed E-state index contributed by atoms with van der Waals surface area (Å²) >= 11 is 5.66. The average molecular weight is 320 g/mol. The van der Waals surface area contributed by atoms with Crippen LogP contribution in [0.5, 0.6) is 5.75 Å². The third kappa shape index (κ3) is 3.22. The van der Waals surface area contributed by atoms with Crippen molar-refractivity contribution in [3.05, 3.63) is 64.4 Å². The van der Waals surface area contributed by atoms with E-state index in [4.69, 9.17) is 11.6 Å². The lowest BCUT2D eigenvalue weighted by Crippen LogP contribution is -2.28. The highest BCUT2D eigenvalue weighted by atomic mass is 35.5. The molecule has 1 aliphatic rings. The van der Waals surface area contributed by atoms with Crippen LogP contribution in [0.25, 0.3) is 0 Å². The van der Waals surface area contributed by atoms with Crippen molar-refractivity contribution in [2.45, 2.75) is 24.8 Å². The zero-order chi connectivity index (χ0) is 15.7. The minimum atomic E-state index is -0.439. The van der Waals surface area contributed by atoms with Crippen molar-refractivity contribution in [2.24, 2.45) is 0 Å². The first-order valence-electron chi connectivity index (χ1n) is 7.06. The van der Waals surface area contributed by atoms with Crippen molar-refractivity contribution < 1.29 is 14.3 Å². The summed E-state index contributed by atoms with van der Waals surface area (Å²) in [5.41, 5.74) is 1.43. The maximum atomic E-state index is 13.4. The number of para-hydroxylation sites is 1. The van der Waals surface area contributed by atoms with Gasteiger partial charge in [-0.3, -0.25) is 4.79 Å². The Bertz CT molecular complexity index is 720. The Labute approximate surface area is 132 Å². The van der Waals surface area contributed by atoms with Gasteiger partial charge in [-0.25, -0.2) is 4.39 Å². The summed E-state index contributed by atoms with van der Waals surface area (Å²) in [4.78, 5) is 12.0. The van der Waals surface area contributed by atoms with Crippen molar-refractivity contribution in [2.75, 3.05) is 0 Å². The molecule has 2 atom stereocenters. The summed E-state index contributed by atoms with van der Waals surface area (Å²) in [5, 5.41) is 12.7. The van der Waals surface area contributed by atoms with E-state index < -0.39 is 5.82 Å². The van der Waals surface area contributed by atoms with Crippen molar-refractivity contribution in [1.82, 2.24) is 5.32 Å². The zero-order valence-electron chi connectivity index (χ0n) is 11.7. The van der Waals surface area contributed by atoms with Gasteiger partial charge in [0.25, 0.3) is 0 Å². The predicted octanol–water partition coefficient (Wildman–Crippen LogP) is 3.40. The second kappa shape index (κ2) is 5.97.